The van der Waals surface area contributed by atoms with Crippen LogP contribution in [0, 0.1) is 12.8 Å². The number of rotatable bonds is 2. The van der Waals surface area contributed by atoms with Crippen LogP contribution in [0.3, 0.4) is 0 Å². The van der Waals surface area contributed by atoms with Gasteiger partial charge in [-0.05, 0) is 19.1 Å². The van der Waals surface area contributed by atoms with E-state index in [4.69, 9.17) is 9.52 Å². The first kappa shape index (κ1) is 9.27. The lowest BCUT2D eigenvalue weighted by Crippen LogP contribution is -2.20. The first-order chi connectivity index (χ1) is 6.68. The molecule has 0 aliphatic carbocycles. The Labute approximate surface area is 81.9 Å². The molecule has 2 heterocycles. The SMILES string of the molecule is Cc1ccc([C@H]2CNC[C@H]2C(=O)O)o1. The van der Waals surface area contributed by atoms with E-state index in [-0.39, 0.29) is 11.8 Å². The Morgan fingerprint density at radius 3 is 2.93 bits per heavy atom. The van der Waals surface area contributed by atoms with Gasteiger partial charge in [0, 0.05) is 19.0 Å². The van der Waals surface area contributed by atoms with Crippen molar-refractivity contribution in [2.45, 2.75) is 12.8 Å². The molecule has 2 atom stereocenters. The highest BCUT2D eigenvalue weighted by Gasteiger charge is 2.35. The van der Waals surface area contributed by atoms with Gasteiger partial charge in [-0.25, -0.2) is 0 Å². The predicted octanol–water partition coefficient (Wildman–Crippen LogP) is 0.976. The summed E-state index contributed by atoms with van der Waals surface area (Å²) in [5.41, 5.74) is 0. The number of nitrogens with one attached hydrogen (secondary N) is 1. The van der Waals surface area contributed by atoms with Gasteiger partial charge >= 0.3 is 5.97 Å². The molecule has 1 fully saturated rings. The number of hydrogen-bond acceptors (Lipinski definition) is 3. The molecule has 2 N–H and O–H groups in total. The third kappa shape index (κ3) is 1.53. The van der Waals surface area contributed by atoms with E-state index >= 15 is 0 Å². The number of carboxylic acid groups (broad SMARTS) is 1. The highest BCUT2D eigenvalue weighted by molar-refractivity contribution is 5.72. The molecule has 2 rings (SSSR count). The van der Waals surface area contributed by atoms with Crippen molar-refractivity contribution in [1.82, 2.24) is 5.32 Å². The van der Waals surface area contributed by atoms with Gasteiger partial charge in [0.1, 0.15) is 11.5 Å². The van der Waals surface area contributed by atoms with Gasteiger partial charge in [0.25, 0.3) is 0 Å². The standard InChI is InChI=1S/C10H13NO3/c1-6-2-3-9(14-6)7-4-11-5-8(7)10(12)13/h2-3,7-8,11H,4-5H2,1H3,(H,12,13)/t7-,8+/m0/s1. The Bertz CT molecular complexity index is 345. The van der Waals surface area contributed by atoms with Crippen LogP contribution in [0.25, 0.3) is 0 Å². The van der Waals surface area contributed by atoms with Crippen LogP contribution in [0.5, 0.6) is 0 Å². The number of aliphatic carboxylic acids is 1. The molecule has 0 unspecified atom stereocenters. The van der Waals surface area contributed by atoms with Gasteiger partial charge in [0.2, 0.25) is 0 Å². The zero-order valence-corrected chi connectivity index (χ0v) is 7.99. The summed E-state index contributed by atoms with van der Waals surface area (Å²) < 4.78 is 5.44. The average molecular weight is 195 g/mol. The van der Waals surface area contributed by atoms with Crippen molar-refractivity contribution in [2.75, 3.05) is 13.1 Å². The molecule has 1 aromatic rings. The van der Waals surface area contributed by atoms with Crippen LogP contribution >= 0.6 is 0 Å². The molecule has 4 nitrogen and oxygen atoms in total. The third-order valence-electron chi connectivity index (χ3n) is 2.66. The quantitative estimate of drug-likeness (QED) is 0.738. The van der Waals surface area contributed by atoms with Crippen molar-refractivity contribution in [2.24, 2.45) is 5.92 Å². The van der Waals surface area contributed by atoms with E-state index in [1.54, 1.807) is 0 Å². The molecular formula is C10H13NO3. The first-order valence-corrected chi connectivity index (χ1v) is 4.68. The molecule has 0 spiro atoms. The molecule has 0 bridgehead atoms. The molecule has 1 saturated heterocycles. The molecule has 4 heteroatoms. The van der Waals surface area contributed by atoms with Crippen LogP contribution in [0.2, 0.25) is 0 Å². The normalized spacial score (nSPS) is 26.6. The van der Waals surface area contributed by atoms with E-state index in [1.165, 1.54) is 0 Å². The molecule has 76 valence electrons. The highest BCUT2D eigenvalue weighted by Crippen LogP contribution is 2.29. The molecule has 0 aromatic carbocycles. The van der Waals surface area contributed by atoms with Crippen LogP contribution in [0.15, 0.2) is 16.5 Å². The van der Waals surface area contributed by atoms with E-state index in [9.17, 15) is 4.79 Å². The Morgan fingerprint density at radius 1 is 1.57 bits per heavy atom. The lowest BCUT2D eigenvalue weighted by molar-refractivity contribution is -0.141. The maximum absolute atomic E-state index is 10.9. The van der Waals surface area contributed by atoms with Gasteiger partial charge in [-0.2, -0.15) is 0 Å². The van der Waals surface area contributed by atoms with Crippen LogP contribution in [0.1, 0.15) is 17.4 Å². The number of hydrogen-bond donors (Lipinski definition) is 2. The molecular weight excluding hydrogens is 182 g/mol. The monoisotopic (exact) mass is 195 g/mol. The zero-order valence-electron chi connectivity index (χ0n) is 7.99. The largest absolute Gasteiger partial charge is 0.481 e. The van der Waals surface area contributed by atoms with Gasteiger partial charge in [0.15, 0.2) is 0 Å². The van der Waals surface area contributed by atoms with Crippen LogP contribution in [0.4, 0.5) is 0 Å². The zero-order chi connectivity index (χ0) is 10.1. The molecule has 0 amide bonds. The average Bonchev–Trinajstić information content (AvgIpc) is 2.70. The summed E-state index contributed by atoms with van der Waals surface area (Å²) in [6.45, 7) is 3.07. The van der Waals surface area contributed by atoms with Gasteiger partial charge < -0.3 is 14.8 Å². The van der Waals surface area contributed by atoms with Gasteiger partial charge in [-0.15, -0.1) is 0 Å². The van der Waals surface area contributed by atoms with Crippen molar-refractivity contribution in [3.63, 3.8) is 0 Å². The third-order valence-corrected chi connectivity index (χ3v) is 2.66. The van der Waals surface area contributed by atoms with Crippen LogP contribution < -0.4 is 5.32 Å². The van der Waals surface area contributed by atoms with Crippen molar-refractivity contribution < 1.29 is 14.3 Å². The maximum Gasteiger partial charge on any atom is 0.308 e. The molecule has 1 aliphatic heterocycles. The van der Waals surface area contributed by atoms with Crippen molar-refractivity contribution in [1.29, 1.82) is 0 Å². The van der Waals surface area contributed by atoms with Crippen LogP contribution in [-0.2, 0) is 4.79 Å². The lowest BCUT2D eigenvalue weighted by Gasteiger charge is -2.11. The second kappa shape index (κ2) is 3.46. The summed E-state index contributed by atoms with van der Waals surface area (Å²) in [7, 11) is 0. The highest BCUT2D eigenvalue weighted by atomic mass is 16.4. The van der Waals surface area contributed by atoms with Gasteiger partial charge in [-0.1, -0.05) is 0 Å². The summed E-state index contributed by atoms with van der Waals surface area (Å²) in [5, 5.41) is 12.0. The Kier molecular flexibility index (Phi) is 2.29. The number of carbonyl (C=O) groups is 1. The number of furan rings is 1. The van der Waals surface area contributed by atoms with Crippen molar-refractivity contribution in [3.05, 3.63) is 23.7 Å². The summed E-state index contributed by atoms with van der Waals surface area (Å²) in [4.78, 5) is 10.9. The van der Waals surface area contributed by atoms with E-state index in [1.807, 2.05) is 19.1 Å². The number of carboxylic acids is 1. The predicted molar refractivity (Wildman–Crippen MR) is 50.2 cm³/mol. The van der Waals surface area contributed by atoms with E-state index < -0.39 is 5.97 Å². The van der Waals surface area contributed by atoms with E-state index in [2.05, 4.69) is 5.32 Å². The van der Waals surface area contributed by atoms with Gasteiger partial charge in [-0.3, -0.25) is 4.79 Å². The minimum Gasteiger partial charge on any atom is -0.481 e. The summed E-state index contributed by atoms with van der Waals surface area (Å²) in [6.07, 6.45) is 0. The Morgan fingerprint density at radius 2 is 2.36 bits per heavy atom. The fourth-order valence-corrected chi connectivity index (χ4v) is 1.89. The fourth-order valence-electron chi connectivity index (χ4n) is 1.89. The fraction of sp³-hybridized carbons (Fsp3) is 0.500. The van der Waals surface area contributed by atoms with Crippen molar-refractivity contribution >= 4 is 5.97 Å². The van der Waals surface area contributed by atoms with Crippen molar-refractivity contribution in [3.8, 4) is 0 Å². The summed E-state index contributed by atoms with van der Waals surface area (Å²) in [5.74, 6) is 0.465. The minimum absolute atomic E-state index is 0.0267. The van der Waals surface area contributed by atoms with Gasteiger partial charge in [0.05, 0.1) is 5.92 Å². The van der Waals surface area contributed by atoms with Crippen LogP contribution in [-0.4, -0.2) is 24.2 Å². The summed E-state index contributed by atoms with van der Waals surface area (Å²) in [6, 6.07) is 3.73. The molecule has 1 aromatic heterocycles. The minimum atomic E-state index is -0.756. The lowest BCUT2D eigenvalue weighted by atomic mass is 9.94. The first-order valence-electron chi connectivity index (χ1n) is 4.68. The smallest absolute Gasteiger partial charge is 0.308 e. The van der Waals surface area contributed by atoms with E-state index in [0.717, 1.165) is 11.5 Å². The molecule has 0 saturated carbocycles. The molecule has 1 aliphatic rings. The van der Waals surface area contributed by atoms with E-state index in [0.29, 0.717) is 13.1 Å². The topological polar surface area (TPSA) is 62.5 Å². The second-order valence-corrected chi connectivity index (χ2v) is 3.66. The second-order valence-electron chi connectivity index (χ2n) is 3.66. The summed E-state index contributed by atoms with van der Waals surface area (Å²) >= 11 is 0. The molecule has 0 radical (unpaired) electrons. The maximum atomic E-state index is 10.9. The Balaban J connectivity index is 2.21. The molecule has 14 heavy (non-hydrogen) atoms. The number of aryl methyl sites for hydroxylation is 1. The Hall–Kier alpha value is -1.29.